The zero-order valence-corrected chi connectivity index (χ0v) is 21.8. The highest BCUT2D eigenvalue weighted by Gasteiger charge is 2.48. The zero-order valence-electron chi connectivity index (χ0n) is 21.8. The van der Waals surface area contributed by atoms with Gasteiger partial charge in [-0.15, -0.1) is 0 Å². The number of nitrogens with zero attached hydrogens (tertiary/aromatic N) is 2. The van der Waals surface area contributed by atoms with E-state index in [1.54, 1.807) is 26.1 Å². The van der Waals surface area contributed by atoms with Gasteiger partial charge in [-0.2, -0.15) is 5.10 Å². The standard InChI is InChI=1S/C27H40N4O5/c1-16(2)15-36-25-21(24(34)30-23-19-10-17-9-18(12-19)13-20(23)11-17)14-29-31(25)8-6-27(3,4)26(35)28-7-5-22(32)33/h6,8,14,16-20,23H,5,7,9-13,15H2,1-4H3,(H,28,35)(H,30,34)(H,32,33)/b8-6+. The van der Waals surface area contributed by atoms with Crippen LogP contribution in [0.5, 0.6) is 5.88 Å². The summed E-state index contributed by atoms with van der Waals surface area (Å²) in [6.07, 6.45) is 11.0. The Balaban J connectivity index is 1.48. The van der Waals surface area contributed by atoms with Crippen molar-refractivity contribution in [3.63, 3.8) is 0 Å². The van der Waals surface area contributed by atoms with Crippen LogP contribution < -0.4 is 15.4 Å². The van der Waals surface area contributed by atoms with Crippen LogP contribution in [0.2, 0.25) is 0 Å². The molecule has 1 aromatic rings. The predicted molar refractivity (Wildman–Crippen MR) is 135 cm³/mol. The molecule has 9 nitrogen and oxygen atoms in total. The Morgan fingerprint density at radius 1 is 1.17 bits per heavy atom. The lowest BCUT2D eigenvalue weighted by atomic mass is 9.54. The average molecular weight is 501 g/mol. The van der Waals surface area contributed by atoms with Crippen molar-refractivity contribution in [3.05, 3.63) is 17.8 Å². The second-order valence-electron chi connectivity index (χ2n) is 11.9. The third kappa shape index (κ3) is 5.93. The average Bonchev–Trinajstić information content (AvgIpc) is 3.20. The van der Waals surface area contributed by atoms with Crippen LogP contribution in [-0.4, -0.2) is 51.9 Å². The van der Waals surface area contributed by atoms with Crippen molar-refractivity contribution in [1.82, 2.24) is 20.4 Å². The Hall–Kier alpha value is -2.84. The molecule has 0 unspecified atom stereocenters. The lowest BCUT2D eigenvalue weighted by molar-refractivity contribution is -0.137. The summed E-state index contributed by atoms with van der Waals surface area (Å²) >= 11 is 0. The summed E-state index contributed by atoms with van der Waals surface area (Å²) in [5, 5.41) is 19.1. The van der Waals surface area contributed by atoms with Crippen LogP contribution in [-0.2, 0) is 9.59 Å². The van der Waals surface area contributed by atoms with Crippen LogP contribution in [0.15, 0.2) is 12.3 Å². The van der Waals surface area contributed by atoms with Crippen molar-refractivity contribution in [3.8, 4) is 5.88 Å². The first kappa shape index (κ1) is 26.2. The molecule has 4 bridgehead atoms. The summed E-state index contributed by atoms with van der Waals surface area (Å²) in [4.78, 5) is 36.7. The summed E-state index contributed by atoms with van der Waals surface area (Å²) in [6, 6.07) is 0.218. The highest BCUT2D eigenvalue weighted by Crippen LogP contribution is 2.53. The Labute approximate surface area is 213 Å². The minimum Gasteiger partial charge on any atom is -0.481 e. The lowest BCUT2D eigenvalue weighted by Crippen LogP contribution is -2.55. The van der Waals surface area contributed by atoms with E-state index in [0.717, 1.165) is 11.8 Å². The first-order valence-electron chi connectivity index (χ1n) is 13.2. The van der Waals surface area contributed by atoms with E-state index < -0.39 is 11.4 Å². The molecule has 0 aromatic carbocycles. The predicted octanol–water partition coefficient (Wildman–Crippen LogP) is 3.56. The van der Waals surface area contributed by atoms with Gasteiger partial charge in [0.05, 0.1) is 24.6 Å². The molecule has 1 aromatic heterocycles. The molecule has 4 aliphatic carbocycles. The SMILES string of the molecule is CC(C)COc1c(C(=O)NC2C3CC4CC(C3)CC2C4)cnn1/C=C/C(C)(C)C(=O)NCCC(=O)O. The summed E-state index contributed by atoms with van der Waals surface area (Å²) < 4.78 is 7.54. The molecule has 5 rings (SSSR count). The molecule has 36 heavy (non-hydrogen) atoms. The van der Waals surface area contributed by atoms with Gasteiger partial charge in [-0.3, -0.25) is 14.4 Å². The van der Waals surface area contributed by atoms with Gasteiger partial charge in [0.1, 0.15) is 5.56 Å². The second-order valence-corrected chi connectivity index (χ2v) is 11.9. The number of carbonyl (C=O) groups is 3. The minimum absolute atomic E-state index is 0.0604. The molecule has 0 saturated heterocycles. The van der Waals surface area contributed by atoms with Crippen molar-refractivity contribution in [2.75, 3.05) is 13.2 Å². The summed E-state index contributed by atoms with van der Waals surface area (Å²) in [7, 11) is 0. The topological polar surface area (TPSA) is 123 Å². The normalized spacial score (nSPS) is 27.0. The van der Waals surface area contributed by atoms with Gasteiger partial charge in [0, 0.05) is 18.8 Å². The monoisotopic (exact) mass is 500 g/mol. The maximum Gasteiger partial charge on any atom is 0.305 e. The molecular weight excluding hydrogens is 460 g/mol. The van der Waals surface area contributed by atoms with Crippen molar-refractivity contribution in [2.24, 2.45) is 35.0 Å². The van der Waals surface area contributed by atoms with Gasteiger partial charge in [0.25, 0.3) is 5.91 Å². The first-order valence-corrected chi connectivity index (χ1v) is 13.2. The summed E-state index contributed by atoms with van der Waals surface area (Å²) in [5.41, 5.74) is -0.513. The smallest absolute Gasteiger partial charge is 0.305 e. The van der Waals surface area contributed by atoms with E-state index in [1.165, 1.54) is 43.0 Å². The van der Waals surface area contributed by atoms with E-state index in [0.29, 0.717) is 29.9 Å². The fourth-order valence-electron chi connectivity index (χ4n) is 6.24. The third-order valence-corrected chi connectivity index (χ3v) is 7.91. The summed E-state index contributed by atoms with van der Waals surface area (Å²) in [6.45, 7) is 8.03. The fraction of sp³-hybridized carbons (Fsp3) is 0.704. The van der Waals surface area contributed by atoms with Crippen LogP contribution in [0.4, 0.5) is 0 Å². The molecular formula is C27H40N4O5. The second kappa shape index (κ2) is 10.6. The number of ether oxygens (including phenoxy) is 1. The van der Waals surface area contributed by atoms with E-state index in [2.05, 4.69) is 15.7 Å². The Bertz CT molecular complexity index is 984. The van der Waals surface area contributed by atoms with Crippen LogP contribution in [0.3, 0.4) is 0 Å². The van der Waals surface area contributed by atoms with Gasteiger partial charge >= 0.3 is 5.97 Å². The van der Waals surface area contributed by atoms with Gasteiger partial charge in [0.2, 0.25) is 11.8 Å². The van der Waals surface area contributed by atoms with Gasteiger partial charge < -0.3 is 20.5 Å². The number of carboxylic acids is 1. The summed E-state index contributed by atoms with van der Waals surface area (Å²) in [5.74, 6) is 2.02. The molecule has 4 saturated carbocycles. The quantitative estimate of drug-likeness (QED) is 0.427. The lowest BCUT2D eigenvalue weighted by Gasteiger charge is -2.54. The number of hydrogen-bond donors (Lipinski definition) is 3. The molecule has 4 aliphatic rings. The van der Waals surface area contributed by atoms with Gasteiger partial charge in [-0.05, 0) is 75.5 Å². The number of nitrogens with one attached hydrogen (secondary N) is 2. The minimum atomic E-state index is -0.966. The molecule has 1 heterocycles. The van der Waals surface area contributed by atoms with Crippen LogP contribution >= 0.6 is 0 Å². The van der Waals surface area contributed by atoms with Crippen LogP contribution in [0.25, 0.3) is 6.20 Å². The largest absolute Gasteiger partial charge is 0.481 e. The number of hydrogen-bond acceptors (Lipinski definition) is 5. The molecule has 2 amide bonds. The number of aromatic nitrogens is 2. The van der Waals surface area contributed by atoms with Gasteiger partial charge in [0.15, 0.2) is 0 Å². The fourth-order valence-corrected chi connectivity index (χ4v) is 6.24. The Kier molecular flexibility index (Phi) is 7.76. The molecule has 0 atom stereocenters. The Morgan fingerprint density at radius 3 is 2.39 bits per heavy atom. The number of rotatable bonds is 11. The molecule has 0 radical (unpaired) electrons. The molecule has 9 heteroatoms. The van der Waals surface area contributed by atoms with Crippen molar-refractivity contribution < 1.29 is 24.2 Å². The van der Waals surface area contributed by atoms with Crippen LogP contribution in [0.1, 0.15) is 76.6 Å². The number of amides is 2. The highest BCUT2D eigenvalue weighted by atomic mass is 16.5. The Morgan fingerprint density at radius 2 is 1.81 bits per heavy atom. The molecule has 0 aliphatic heterocycles. The van der Waals surface area contributed by atoms with E-state index in [-0.39, 0.29) is 36.7 Å². The van der Waals surface area contributed by atoms with Crippen LogP contribution in [0, 0.1) is 35.0 Å². The maximum atomic E-state index is 13.4. The number of carbonyl (C=O) groups excluding carboxylic acids is 2. The zero-order chi connectivity index (χ0) is 26.0. The number of carboxylic acid groups (broad SMARTS) is 1. The molecule has 198 valence electrons. The first-order chi connectivity index (χ1) is 17.0. The third-order valence-electron chi connectivity index (χ3n) is 7.91. The van der Waals surface area contributed by atoms with E-state index in [4.69, 9.17) is 9.84 Å². The highest BCUT2D eigenvalue weighted by molar-refractivity contribution is 5.96. The van der Waals surface area contributed by atoms with Gasteiger partial charge in [-0.25, -0.2) is 4.68 Å². The van der Waals surface area contributed by atoms with Crippen molar-refractivity contribution in [2.45, 2.75) is 72.3 Å². The molecule has 3 N–H and O–H groups in total. The van der Waals surface area contributed by atoms with Crippen molar-refractivity contribution >= 4 is 24.0 Å². The molecule has 0 spiro atoms. The van der Waals surface area contributed by atoms with E-state index in [9.17, 15) is 14.4 Å². The van der Waals surface area contributed by atoms with E-state index in [1.807, 2.05) is 13.8 Å². The number of aliphatic carboxylic acids is 1. The van der Waals surface area contributed by atoms with Gasteiger partial charge in [-0.1, -0.05) is 19.9 Å². The van der Waals surface area contributed by atoms with Crippen molar-refractivity contribution in [1.29, 1.82) is 0 Å². The van der Waals surface area contributed by atoms with E-state index >= 15 is 0 Å². The molecule has 4 fully saturated rings. The maximum absolute atomic E-state index is 13.4.